The zero-order valence-corrected chi connectivity index (χ0v) is 13.2. The summed E-state index contributed by atoms with van der Waals surface area (Å²) in [5, 5.41) is 37.1. The summed E-state index contributed by atoms with van der Waals surface area (Å²) in [6.45, 7) is 9.12. The third-order valence-electron chi connectivity index (χ3n) is 4.19. The van der Waals surface area contributed by atoms with Crippen molar-refractivity contribution in [2.24, 2.45) is 29.1 Å². The first-order valence-electron chi connectivity index (χ1n) is 6.89. The van der Waals surface area contributed by atoms with Gasteiger partial charge in [0.1, 0.15) is 0 Å². The summed E-state index contributed by atoms with van der Waals surface area (Å²) in [7, 11) is 0. The number of carboxylic acids is 3. The first kappa shape index (κ1) is 19.9. The molecule has 7 heteroatoms. The number of aliphatic hydroxyl groups excluding tert-OH is 1. The van der Waals surface area contributed by atoms with Gasteiger partial charge in [-0.15, -0.1) is 0 Å². The van der Waals surface area contributed by atoms with E-state index in [0.29, 0.717) is 0 Å². The SMILES string of the molecule is C=C(O)C(C)C(CC(C)(C)C(C(=O)O)C(C)C(=O)O)C(=O)O. The van der Waals surface area contributed by atoms with Crippen LogP contribution in [0.1, 0.15) is 34.1 Å². The molecule has 0 spiro atoms. The van der Waals surface area contributed by atoms with E-state index in [9.17, 15) is 29.7 Å². The highest BCUT2D eigenvalue weighted by Gasteiger charge is 2.45. The van der Waals surface area contributed by atoms with Gasteiger partial charge in [0.05, 0.1) is 23.5 Å². The number of aliphatic hydroxyl groups is 1. The second-order valence-corrected chi connectivity index (χ2v) is 6.36. The fourth-order valence-corrected chi connectivity index (χ4v) is 2.77. The van der Waals surface area contributed by atoms with Crippen molar-refractivity contribution < 1.29 is 34.8 Å². The maximum Gasteiger partial charge on any atom is 0.307 e. The lowest BCUT2D eigenvalue weighted by molar-refractivity contribution is -0.160. The van der Waals surface area contributed by atoms with Crippen LogP contribution in [0.5, 0.6) is 0 Å². The highest BCUT2D eigenvalue weighted by Crippen LogP contribution is 2.41. The van der Waals surface area contributed by atoms with Crippen molar-refractivity contribution in [3.63, 3.8) is 0 Å². The van der Waals surface area contributed by atoms with E-state index in [4.69, 9.17) is 5.11 Å². The molecule has 0 amide bonds. The highest BCUT2D eigenvalue weighted by molar-refractivity contribution is 5.80. The summed E-state index contributed by atoms with van der Waals surface area (Å²) in [5.41, 5.74) is -1.10. The Morgan fingerprint density at radius 3 is 1.64 bits per heavy atom. The Kier molecular flexibility index (Phi) is 6.61. The lowest BCUT2D eigenvalue weighted by atomic mass is 9.66. The molecule has 7 nitrogen and oxygen atoms in total. The van der Waals surface area contributed by atoms with Crippen molar-refractivity contribution in [2.45, 2.75) is 34.1 Å². The van der Waals surface area contributed by atoms with Gasteiger partial charge in [-0.1, -0.05) is 34.3 Å². The summed E-state index contributed by atoms with van der Waals surface area (Å²) in [5.74, 6) is -8.31. The predicted molar refractivity (Wildman–Crippen MR) is 78.4 cm³/mol. The zero-order chi connectivity index (χ0) is 17.8. The molecule has 0 aliphatic heterocycles. The molecule has 0 heterocycles. The predicted octanol–water partition coefficient (Wildman–Crippen LogP) is 2.23. The number of hydrogen-bond acceptors (Lipinski definition) is 4. The van der Waals surface area contributed by atoms with Gasteiger partial charge in [-0.2, -0.15) is 0 Å². The van der Waals surface area contributed by atoms with Gasteiger partial charge >= 0.3 is 17.9 Å². The van der Waals surface area contributed by atoms with Crippen LogP contribution in [-0.2, 0) is 14.4 Å². The lowest BCUT2D eigenvalue weighted by Crippen LogP contribution is -2.42. The monoisotopic (exact) mass is 316 g/mol. The molecule has 126 valence electrons. The number of rotatable bonds is 9. The molecule has 0 aliphatic carbocycles. The molecule has 0 bridgehead atoms. The first-order chi connectivity index (χ1) is 9.82. The van der Waals surface area contributed by atoms with Crippen LogP contribution >= 0.6 is 0 Å². The molecule has 4 unspecified atom stereocenters. The molecular formula is C15H24O7. The quantitative estimate of drug-likeness (QED) is 0.479. The van der Waals surface area contributed by atoms with Gasteiger partial charge < -0.3 is 20.4 Å². The van der Waals surface area contributed by atoms with Crippen LogP contribution < -0.4 is 0 Å². The van der Waals surface area contributed by atoms with Crippen LogP contribution in [0.3, 0.4) is 0 Å². The Balaban J connectivity index is 5.57. The maximum atomic E-state index is 11.5. The number of aliphatic carboxylic acids is 3. The first-order valence-corrected chi connectivity index (χ1v) is 6.89. The number of hydrogen-bond donors (Lipinski definition) is 4. The zero-order valence-electron chi connectivity index (χ0n) is 13.2. The van der Waals surface area contributed by atoms with E-state index in [-0.39, 0.29) is 12.2 Å². The van der Waals surface area contributed by atoms with E-state index in [0.717, 1.165) is 0 Å². The third kappa shape index (κ3) is 4.75. The molecule has 4 atom stereocenters. The minimum atomic E-state index is -1.29. The van der Waals surface area contributed by atoms with E-state index in [1.54, 1.807) is 0 Å². The third-order valence-corrected chi connectivity index (χ3v) is 4.19. The van der Waals surface area contributed by atoms with E-state index in [1.165, 1.54) is 27.7 Å². The Morgan fingerprint density at radius 1 is 0.909 bits per heavy atom. The van der Waals surface area contributed by atoms with Gasteiger partial charge in [-0.25, -0.2) is 0 Å². The minimum Gasteiger partial charge on any atom is -0.513 e. The maximum absolute atomic E-state index is 11.5. The normalized spacial score (nSPS) is 17.1. The molecule has 22 heavy (non-hydrogen) atoms. The van der Waals surface area contributed by atoms with Crippen LogP contribution in [0.2, 0.25) is 0 Å². The van der Waals surface area contributed by atoms with Crippen molar-refractivity contribution in [1.82, 2.24) is 0 Å². The minimum absolute atomic E-state index is 0.0995. The van der Waals surface area contributed by atoms with Gasteiger partial charge in [-0.05, 0) is 11.8 Å². The summed E-state index contributed by atoms with van der Waals surface area (Å²) in [6, 6.07) is 0. The van der Waals surface area contributed by atoms with E-state index in [2.05, 4.69) is 6.58 Å². The Labute approximate surface area is 129 Å². The van der Waals surface area contributed by atoms with E-state index in [1.807, 2.05) is 0 Å². The summed E-state index contributed by atoms with van der Waals surface area (Å²) in [4.78, 5) is 34.0. The Bertz CT molecular complexity index is 467. The molecule has 4 N–H and O–H groups in total. The van der Waals surface area contributed by atoms with Gasteiger partial charge in [0.15, 0.2) is 0 Å². The fourth-order valence-electron chi connectivity index (χ4n) is 2.77. The molecule has 0 rings (SSSR count). The van der Waals surface area contributed by atoms with Crippen LogP contribution in [0.25, 0.3) is 0 Å². The topological polar surface area (TPSA) is 132 Å². The van der Waals surface area contributed by atoms with E-state index >= 15 is 0 Å². The molecule has 0 saturated heterocycles. The molecule has 0 aromatic carbocycles. The van der Waals surface area contributed by atoms with Crippen molar-refractivity contribution >= 4 is 17.9 Å². The van der Waals surface area contributed by atoms with E-state index < -0.39 is 47.0 Å². The van der Waals surface area contributed by atoms with Gasteiger partial charge in [0.25, 0.3) is 0 Å². The largest absolute Gasteiger partial charge is 0.513 e. The van der Waals surface area contributed by atoms with Gasteiger partial charge in [-0.3, -0.25) is 14.4 Å². The Morgan fingerprint density at radius 2 is 1.36 bits per heavy atom. The summed E-state index contributed by atoms with van der Waals surface area (Å²) < 4.78 is 0. The van der Waals surface area contributed by atoms with Crippen molar-refractivity contribution in [3.8, 4) is 0 Å². The second-order valence-electron chi connectivity index (χ2n) is 6.36. The molecule has 0 aromatic rings. The molecule has 0 saturated carbocycles. The van der Waals surface area contributed by atoms with Crippen molar-refractivity contribution in [1.29, 1.82) is 0 Å². The fraction of sp³-hybridized carbons (Fsp3) is 0.667. The van der Waals surface area contributed by atoms with Crippen LogP contribution in [0.4, 0.5) is 0 Å². The summed E-state index contributed by atoms with van der Waals surface area (Å²) >= 11 is 0. The average Bonchev–Trinajstić information content (AvgIpc) is 2.33. The molecule has 0 aromatic heterocycles. The Hall–Kier alpha value is -2.05. The van der Waals surface area contributed by atoms with Crippen LogP contribution in [0, 0.1) is 29.1 Å². The number of carboxylic acid groups (broad SMARTS) is 3. The highest BCUT2D eigenvalue weighted by atomic mass is 16.4. The lowest BCUT2D eigenvalue weighted by Gasteiger charge is -2.37. The smallest absolute Gasteiger partial charge is 0.307 e. The standard InChI is InChI=1S/C15H24O7/c1-7(9(3)16)10(13(19)20)6-15(4,5)11(14(21)22)8(2)12(17)18/h7-8,10-11,16H,3,6H2,1-2,4-5H3,(H,17,18)(H,19,20)(H,21,22). The van der Waals surface area contributed by atoms with Gasteiger partial charge in [0, 0.05) is 5.92 Å². The molecule has 0 aliphatic rings. The molecular weight excluding hydrogens is 292 g/mol. The number of carbonyl (C=O) groups is 3. The molecule has 0 fully saturated rings. The van der Waals surface area contributed by atoms with Crippen molar-refractivity contribution in [3.05, 3.63) is 12.3 Å². The van der Waals surface area contributed by atoms with Gasteiger partial charge in [0.2, 0.25) is 0 Å². The molecule has 0 radical (unpaired) electrons. The number of allylic oxidation sites excluding steroid dienone is 1. The average molecular weight is 316 g/mol. The van der Waals surface area contributed by atoms with Crippen LogP contribution in [0.15, 0.2) is 12.3 Å². The second kappa shape index (κ2) is 7.29. The van der Waals surface area contributed by atoms with Crippen LogP contribution in [-0.4, -0.2) is 38.3 Å². The van der Waals surface area contributed by atoms with Crippen molar-refractivity contribution in [2.75, 3.05) is 0 Å². The summed E-state index contributed by atoms with van der Waals surface area (Å²) in [6.07, 6.45) is -0.0995.